The number of hydrogen-bond acceptors (Lipinski definition) is 5. The molecule has 0 saturated heterocycles. The van der Waals surface area contributed by atoms with Gasteiger partial charge in [-0.3, -0.25) is 0 Å². The highest BCUT2D eigenvalue weighted by atomic mass is 32.2. The van der Waals surface area contributed by atoms with Gasteiger partial charge in [0.2, 0.25) is 0 Å². The topological polar surface area (TPSA) is 90.2 Å². The van der Waals surface area contributed by atoms with E-state index < -0.39 is 9.84 Å². The van der Waals surface area contributed by atoms with Crippen molar-refractivity contribution in [1.29, 1.82) is 5.26 Å². The van der Waals surface area contributed by atoms with Crippen molar-refractivity contribution in [2.45, 2.75) is 24.7 Å². The molecule has 1 rings (SSSR count). The van der Waals surface area contributed by atoms with Crippen LogP contribution >= 0.6 is 0 Å². The number of nitrogens with zero attached hydrogens (tertiary/aromatic N) is 1. The van der Waals surface area contributed by atoms with Crippen LogP contribution in [0.4, 0.5) is 0 Å². The molecule has 0 aliphatic carbocycles. The van der Waals surface area contributed by atoms with Crippen molar-refractivity contribution in [2.75, 3.05) is 25.4 Å². The molecule has 0 fully saturated rings. The van der Waals surface area contributed by atoms with Gasteiger partial charge in [-0.2, -0.15) is 5.26 Å². The third kappa shape index (κ3) is 6.25. The van der Waals surface area contributed by atoms with Crippen molar-refractivity contribution in [3.63, 3.8) is 0 Å². The summed E-state index contributed by atoms with van der Waals surface area (Å²) in [5.41, 5.74) is 0.349. The molecule has 0 amide bonds. The van der Waals surface area contributed by atoms with Crippen LogP contribution in [0, 0.1) is 17.2 Å². The van der Waals surface area contributed by atoms with Crippen LogP contribution in [0.3, 0.4) is 0 Å². The molecule has 6 heteroatoms. The van der Waals surface area contributed by atoms with Crippen molar-refractivity contribution >= 4 is 9.84 Å². The first-order chi connectivity index (χ1) is 9.99. The number of hydrogen-bond donors (Lipinski definition) is 2. The molecule has 5 nitrogen and oxygen atoms in total. The van der Waals surface area contributed by atoms with Crippen LogP contribution in [-0.4, -0.2) is 39.0 Å². The summed E-state index contributed by atoms with van der Waals surface area (Å²) in [5.74, 6) is 0.293. The largest absolute Gasteiger partial charge is 0.396 e. The van der Waals surface area contributed by atoms with Gasteiger partial charge in [-0.25, -0.2) is 8.42 Å². The van der Waals surface area contributed by atoms with E-state index in [2.05, 4.69) is 5.32 Å². The number of rotatable bonds is 9. The van der Waals surface area contributed by atoms with Crippen LogP contribution in [0.1, 0.15) is 25.3 Å². The zero-order chi connectivity index (χ0) is 15.7. The summed E-state index contributed by atoms with van der Waals surface area (Å²) < 4.78 is 24.2. The fourth-order valence-electron chi connectivity index (χ4n) is 1.88. The minimum Gasteiger partial charge on any atom is -0.396 e. The zero-order valence-electron chi connectivity index (χ0n) is 12.2. The first kappa shape index (κ1) is 17.6. The zero-order valence-corrected chi connectivity index (χ0v) is 13.1. The molecule has 1 aromatic carbocycles. The number of sulfone groups is 1. The Morgan fingerprint density at radius 3 is 2.81 bits per heavy atom. The Morgan fingerprint density at radius 1 is 1.38 bits per heavy atom. The molecule has 2 N–H and O–H groups in total. The molecule has 0 aliphatic heterocycles. The Labute approximate surface area is 126 Å². The number of nitriles is 1. The SMILES string of the molecule is CC(CO)CCCNCCS(=O)(=O)c1cccc(C#N)c1. The number of aliphatic hydroxyl groups excluding tert-OH is 1. The van der Waals surface area contributed by atoms with E-state index in [0.717, 1.165) is 19.4 Å². The monoisotopic (exact) mass is 310 g/mol. The molecule has 1 atom stereocenters. The Morgan fingerprint density at radius 2 is 2.14 bits per heavy atom. The van der Waals surface area contributed by atoms with Crippen molar-refractivity contribution in [2.24, 2.45) is 5.92 Å². The average Bonchev–Trinajstić information content (AvgIpc) is 2.50. The van der Waals surface area contributed by atoms with E-state index >= 15 is 0 Å². The summed E-state index contributed by atoms with van der Waals surface area (Å²) in [4.78, 5) is 0.192. The highest BCUT2D eigenvalue weighted by molar-refractivity contribution is 7.91. The predicted molar refractivity (Wildman–Crippen MR) is 81.6 cm³/mol. The van der Waals surface area contributed by atoms with Crippen LogP contribution < -0.4 is 5.32 Å². The Kier molecular flexibility index (Phi) is 7.37. The summed E-state index contributed by atoms with van der Waals surface area (Å²) in [7, 11) is -3.35. The quantitative estimate of drug-likeness (QED) is 0.672. The van der Waals surface area contributed by atoms with E-state index in [9.17, 15) is 8.42 Å². The van der Waals surface area contributed by atoms with E-state index in [1.165, 1.54) is 12.1 Å². The molecule has 0 aliphatic rings. The first-order valence-corrected chi connectivity index (χ1v) is 8.69. The summed E-state index contributed by atoms with van der Waals surface area (Å²) >= 11 is 0. The van der Waals surface area contributed by atoms with E-state index in [0.29, 0.717) is 12.1 Å². The van der Waals surface area contributed by atoms with E-state index in [-0.39, 0.29) is 23.2 Å². The molecule has 1 unspecified atom stereocenters. The molecular formula is C15H22N2O3S. The lowest BCUT2D eigenvalue weighted by molar-refractivity contribution is 0.228. The minimum atomic E-state index is -3.35. The van der Waals surface area contributed by atoms with Gasteiger partial charge in [0.1, 0.15) is 0 Å². The molecule has 0 heterocycles. The molecule has 0 saturated carbocycles. The lowest BCUT2D eigenvalue weighted by Gasteiger charge is -2.09. The van der Waals surface area contributed by atoms with E-state index in [4.69, 9.17) is 10.4 Å². The molecule has 1 aromatic rings. The summed E-state index contributed by atoms with van der Waals surface area (Å²) in [5, 5.41) is 20.8. The Hall–Kier alpha value is -1.42. The van der Waals surface area contributed by atoms with Gasteiger partial charge in [0, 0.05) is 13.2 Å². The highest BCUT2D eigenvalue weighted by Crippen LogP contribution is 2.12. The second-order valence-electron chi connectivity index (χ2n) is 5.14. The predicted octanol–water partition coefficient (Wildman–Crippen LogP) is 1.33. The van der Waals surface area contributed by atoms with Gasteiger partial charge in [-0.15, -0.1) is 0 Å². The van der Waals surface area contributed by atoms with Crippen LogP contribution in [-0.2, 0) is 9.84 Å². The maximum atomic E-state index is 12.1. The van der Waals surface area contributed by atoms with Crippen molar-refractivity contribution < 1.29 is 13.5 Å². The Balaban J connectivity index is 2.38. The van der Waals surface area contributed by atoms with Gasteiger partial charge >= 0.3 is 0 Å². The molecule has 0 radical (unpaired) electrons. The highest BCUT2D eigenvalue weighted by Gasteiger charge is 2.14. The first-order valence-electron chi connectivity index (χ1n) is 7.04. The van der Waals surface area contributed by atoms with Crippen LogP contribution in [0.15, 0.2) is 29.2 Å². The van der Waals surface area contributed by atoms with Crippen molar-refractivity contribution in [3.05, 3.63) is 29.8 Å². The molecule has 0 aromatic heterocycles. The minimum absolute atomic E-state index is 0.0113. The molecule has 21 heavy (non-hydrogen) atoms. The van der Waals surface area contributed by atoms with Gasteiger partial charge in [0.15, 0.2) is 9.84 Å². The second-order valence-corrected chi connectivity index (χ2v) is 7.25. The Bertz CT molecular complexity index is 579. The smallest absolute Gasteiger partial charge is 0.179 e. The lowest BCUT2D eigenvalue weighted by atomic mass is 10.1. The maximum Gasteiger partial charge on any atom is 0.179 e. The lowest BCUT2D eigenvalue weighted by Crippen LogP contribution is -2.24. The number of aliphatic hydroxyl groups is 1. The van der Waals surface area contributed by atoms with Crippen molar-refractivity contribution in [1.82, 2.24) is 5.32 Å². The molecule has 116 valence electrons. The molecule has 0 bridgehead atoms. The van der Waals surface area contributed by atoms with Crippen LogP contribution in [0.25, 0.3) is 0 Å². The third-order valence-electron chi connectivity index (χ3n) is 3.23. The normalized spacial score (nSPS) is 12.8. The fraction of sp³-hybridized carbons (Fsp3) is 0.533. The number of nitrogens with one attached hydrogen (secondary N) is 1. The van der Waals surface area contributed by atoms with Gasteiger partial charge in [-0.1, -0.05) is 13.0 Å². The van der Waals surface area contributed by atoms with Crippen LogP contribution in [0.2, 0.25) is 0 Å². The summed E-state index contributed by atoms with van der Waals surface area (Å²) in [6, 6.07) is 8.01. The van der Waals surface area contributed by atoms with E-state index in [1.54, 1.807) is 12.1 Å². The van der Waals surface area contributed by atoms with E-state index in [1.807, 2.05) is 13.0 Å². The molecular weight excluding hydrogens is 288 g/mol. The number of benzene rings is 1. The van der Waals surface area contributed by atoms with Crippen molar-refractivity contribution in [3.8, 4) is 6.07 Å². The fourth-order valence-corrected chi connectivity index (χ4v) is 3.12. The van der Waals surface area contributed by atoms with Gasteiger partial charge in [0.05, 0.1) is 22.3 Å². The molecule has 0 spiro atoms. The van der Waals surface area contributed by atoms with Gasteiger partial charge in [-0.05, 0) is 43.5 Å². The maximum absolute atomic E-state index is 12.1. The second kappa shape index (κ2) is 8.78. The standard InChI is InChI=1S/C15H22N2O3S/c1-13(12-18)4-3-7-17-8-9-21(19,20)15-6-2-5-14(10-15)11-16/h2,5-6,10,13,17-18H,3-4,7-9,12H2,1H3. The third-order valence-corrected chi connectivity index (χ3v) is 4.95. The summed E-state index contributed by atoms with van der Waals surface area (Å²) in [6.07, 6.45) is 1.83. The summed E-state index contributed by atoms with van der Waals surface area (Å²) in [6.45, 7) is 3.28. The van der Waals surface area contributed by atoms with Crippen LogP contribution in [0.5, 0.6) is 0 Å². The van der Waals surface area contributed by atoms with Gasteiger partial charge < -0.3 is 10.4 Å². The average molecular weight is 310 g/mol. The van der Waals surface area contributed by atoms with Gasteiger partial charge in [0.25, 0.3) is 0 Å².